The van der Waals surface area contributed by atoms with E-state index in [1.165, 1.54) is 5.57 Å². The second-order valence-corrected chi connectivity index (χ2v) is 12.4. The van der Waals surface area contributed by atoms with Crippen LogP contribution in [-0.2, 0) is 23.7 Å². The molecule has 3 fully saturated rings. The Hall–Kier alpha value is -2.26. The summed E-state index contributed by atoms with van der Waals surface area (Å²) >= 11 is 0. The monoisotopic (exact) mass is 541 g/mol. The number of nitrogens with zero attached hydrogens (tertiary/aromatic N) is 1. The topological polar surface area (TPSA) is 107 Å². The quantitative estimate of drug-likeness (QED) is 0.192. The van der Waals surface area contributed by atoms with E-state index in [0.29, 0.717) is 36.3 Å². The fourth-order valence-electron chi connectivity index (χ4n) is 6.85. The first kappa shape index (κ1) is 28.3. The Labute approximate surface area is 231 Å². The van der Waals surface area contributed by atoms with E-state index >= 15 is 0 Å². The van der Waals surface area contributed by atoms with Crippen LogP contribution in [0.3, 0.4) is 0 Å². The molecule has 0 saturated carbocycles. The molecule has 0 amide bonds. The van der Waals surface area contributed by atoms with Crippen molar-refractivity contribution >= 4 is 11.7 Å². The van der Waals surface area contributed by atoms with E-state index in [1.807, 2.05) is 12.2 Å². The van der Waals surface area contributed by atoms with Crippen molar-refractivity contribution in [2.24, 2.45) is 22.9 Å². The predicted molar refractivity (Wildman–Crippen MR) is 146 cm³/mol. The number of allylic oxidation sites excluding steroid dienone is 4. The van der Waals surface area contributed by atoms with Gasteiger partial charge in [-0.3, -0.25) is 4.79 Å². The average molecular weight is 542 g/mol. The molecule has 0 aromatic rings. The molecular weight excluding hydrogens is 498 g/mol. The summed E-state index contributed by atoms with van der Waals surface area (Å²) in [6.45, 7) is 10.4. The highest BCUT2D eigenvalue weighted by Gasteiger charge is 2.59. The molecule has 0 aromatic carbocycles. The minimum Gasteiger partial charge on any atom is -0.462 e. The number of hydrogen-bond acceptors (Lipinski definition) is 8. The summed E-state index contributed by atoms with van der Waals surface area (Å²) in [4.78, 5) is 13.9. The Bertz CT molecular complexity index is 1120. The van der Waals surface area contributed by atoms with Gasteiger partial charge < -0.3 is 29.3 Å². The normalized spacial score (nSPS) is 46.5. The number of aliphatic hydroxyl groups is 1. The molecule has 1 aliphatic carbocycles. The molecule has 0 radical (unpaired) electrons. The molecule has 1 spiro atoms. The number of carbonyl (C=O) groups is 1. The maximum atomic E-state index is 13.9. The second-order valence-electron chi connectivity index (χ2n) is 12.4. The smallest absolute Gasteiger partial charge is 0.316 e. The highest BCUT2D eigenvalue weighted by molar-refractivity contribution is 6.06. The zero-order chi connectivity index (χ0) is 27.9. The molecular formula is C31H43NO7. The molecule has 5 rings (SSSR count). The summed E-state index contributed by atoms with van der Waals surface area (Å²) < 4.78 is 25.3. The van der Waals surface area contributed by atoms with Crippen LogP contribution in [0, 0.1) is 17.8 Å². The van der Waals surface area contributed by atoms with Crippen molar-refractivity contribution in [3.05, 3.63) is 47.1 Å². The highest BCUT2D eigenvalue weighted by atomic mass is 16.7. The van der Waals surface area contributed by atoms with Gasteiger partial charge in [0.15, 0.2) is 5.79 Å². The van der Waals surface area contributed by atoms with E-state index in [-0.39, 0.29) is 30.4 Å². The molecule has 2 bridgehead atoms. The molecule has 2 N–H and O–H groups in total. The van der Waals surface area contributed by atoms with Gasteiger partial charge in [0.05, 0.1) is 18.8 Å². The molecule has 8 nitrogen and oxygen atoms in total. The molecule has 39 heavy (non-hydrogen) atoms. The predicted octanol–water partition coefficient (Wildman–Crippen LogP) is 5.00. The second kappa shape index (κ2) is 11.0. The molecule has 8 heteroatoms. The van der Waals surface area contributed by atoms with Gasteiger partial charge in [-0.1, -0.05) is 55.0 Å². The van der Waals surface area contributed by atoms with E-state index < -0.39 is 35.5 Å². The molecule has 3 saturated heterocycles. The summed E-state index contributed by atoms with van der Waals surface area (Å²) in [5.41, 5.74) is 0.916. The van der Waals surface area contributed by atoms with Gasteiger partial charge in [0, 0.05) is 19.3 Å². The first-order valence-corrected chi connectivity index (χ1v) is 14.4. The Morgan fingerprint density at radius 2 is 1.92 bits per heavy atom. The minimum absolute atomic E-state index is 0.0431. The molecule has 4 heterocycles. The van der Waals surface area contributed by atoms with Crippen LogP contribution < -0.4 is 0 Å². The SMILES string of the molecule is CC1=C[C@H]2C(=O)O[C@H]3C[C@@H](C/C=C(\C)C[C@@H](C)/C=C/C=C4CO[C@H](/C1=N\O)[C@]42O)O[C@]1(CC[C@H](C)C(C)O1)C3. The van der Waals surface area contributed by atoms with Crippen LogP contribution in [0.5, 0.6) is 0 Å². The maximum Gasteiger partial charge on any atom is 0.316 e. The molecule has 214 valence electrons. The lowest BCUT2D eigenvalue weighted by Gasteiger charge is -2.49. The molecule has 0 aromatic heterocycles. The van der Waals surface area contributed by atoms with Crippen LogP contribution in [0.2, 0.25) is 0 Å². The lowest BCUT2D eigenvalue weighted by atomic mass is 9.71. The molecule has 4 aliphatic heterocycles. The number of fused-ring (bicyclic) bond motifs is 2. The van der Waals surface area contributed by atoms with E-state index in [4.69, 9.17) is 18.9 Å². The van der Waals surface area contributed by atoms with Gasteiger partial charge >= 0.3 is 5.97 Å². The highest BCUT2D eigenvalue weighted by Crippen LogP contribution is 2.46. The molecule has 9 atom stereocenters. The zero-order valence-electron chi connectivity index (χ0n) is 23.8. The third-order valence-electron chi connectivity index (χ3n) is 9.25. The van der Waals surface area contributed by atoms with Gasteiger partial charge in [-0.15, -0.1) is 0 Å². The van der Waals surface area contributed by atoms with Crippen molar-refractivity contribution in [1.29, 1.82) is 0 Å². The number of esters is 1. The third kappa shape index (κ3) is 5.41. The Morgan fingerprint density at radius 3 is 2.67 bits per heavy atom. The number of ether oxygens (including phenoxy) is 4. The third-order valence-corrected chi connectivity index (χ3v) is 9.25. The van der Waals surface area contributed by atoms with Crippen LogP contribution in [0.1, 0.15) is 73.1 Å². The standard InChI is InChI=1S/C31H43NO7/c1-18-7-6-8-23-17-36-28-27(32-35)21(4)14-26(31(23,28)34)29(33)37-25-15-24(10-9-19(2)13-18)39-30(16-25)12-11-20(3)22(5)38-30/h6-9,14,18,20,22,24-26,28,34-35H,10-13,15-17H2,1-5H3/b7-6+,19-9+,23-8?,32-27-/t18-,20-,22?,24+,25-,26-,28+,30+,31-/m0/s1. The van der Waals surface area contributed by atoms with Gasteiger partial charge in [0.2, 0.25) is 0 Å². The molecule has 1 unspecified atom stereocenters. The van der Waals surface area contributed by atoms with Crippen molar-refractivity contribution < 1.29 is 34.1 Å². The number of rotatable bonds is 0. The number of carbonyl (C=O) groups excluding carboxylic acids is 1. The first-order chi connectivity index (χ1) is 18.5. The Balaban J connectivity index is 1.53. The summed E-state index contributed by atoms with van der Waals surface area (Å²) in [6, 6.07) is 0. The fraction of sp³-hybridized carbons (Fsp3) is 0.677. The van der Waals surface area contributed by atoms with Gasteiger partial charge in [-0.2, -0.15) is 0 Å². The van der Waals surface area contributed by atoms with Crippen LogP contribution >= 0.6 is 0 Å². The Morgan fingerprint density at radius 1 is 1.13 bits per heavy atom. The van der Waals surface area contributed by atoms with Crippen LogP contribution in [-0.4, -0.2) is 64.4 Å². The fourth-order valence-corrected chi connectivity index (χ4v) is 6.85. The van der Waals surface area contributed by atoms with Gasteiger partial charge in [-0.25, -0.2) is 0 Å². The van der Waals surface area contributed by atoms with Gasteiger partial charge in [-0.05, 0) is 63.0 Å². The first-order valence-electron chi connectivity index (χ1n) is 14.4. The van der Waals surface area contributed by atoms with Gasteiger partial charge in [0.1, 0.15) is 29.4 Å². The van der Waals surface area contributed by atoms with Crippen LogP contribution in [0.4, 0.5) is 0 Å². The summed E-state index contributed by atoms with van der Waals surface area (Å²) in [6.07, 6.45) is 12.6. The van der Waals surface area contributed by atoms with E-state index in [0.717, 1.165) is 19.3 Å². The lowest BCUT2D eigenvalue weighted by Crippen LogP contribution is -2.57. The van der Waals surface area contributed by atoms with E-state index in [1.54, 1.807) is 13.0 Å². The number of oxime groups is 1. The summed E-state index contributed by atoms with van der Waals surface area (Å²) in [5.74, 6) is -1.62. The van der Waals surface area contributed by atoms with Crippen molar-refractivity contribution in [3.8, 4) is 0 Å². The largest absolute Gasteiger partial charge is 0.462 e. The average Bonchev–Trinajstić information content (AvgIpc) is 3.21. The lowest BCUT2D eigenvalue weighted by molar-refractivity contribution is -0.332. The summed E-state index contributed by atoms with van der Waals surface area (Å²) in [5, 5.41) is 25.2. The minimum atomic E-state index is -1.72. The summed E-state index contributed by atoms with van der Waals surface area (Å²) in [7, 11) is 0. The van der Waals surface area contributed by atoms with Crippen molar-refractivity contribution in [2.75, 3.05) is 6.61 Å². The van der Waals surface area contributed by atoms with E-state index in [2.05, 4.69) is 45.0 Å². The van der Waals surface area contributed by atoms with Gasteiger partial charge in [0.25, 0.3) is 0 Å². The van der Waals surface area contributed by atoms with Crippen molar-refractivity contribution in [3.63, 3.8) is 0 Å². The van der Waals surface area contributed by atoms with Crippen molar-refractivity contribution in [2.45, 2.75) is 109 Å². The van der Waals surface area contributed by atoms with Crippen LogP contribution in [0.25, 0.3) is 0 Å². The van der Waals surface area contributed by atoms with E-state index in [9.17, 15) is 15.1 Å². The zero-order valence-corrected chi connectivity index (χ0v) is 23.8. The maximum absolute atomic E-state index is 13.9. The van der Waals surface area contributed by atoms with Crippen molar-refractivity contribution in [1.82, 2.24) is 0 Å². The van der Waals surface area contributed by atoms with Crippen LogP contribution in [0.15, 0.2) is 52.3 Å². The Kier molecular flexibility index (Phi) is 7.94. The number of hydrogen-bond donors (Lipinski definition) is 2. The molecule has 5 aliphatic rings.